The van der Waals surface area contributed by atoms with E-state index in [1.807, 2.05) is 0 Å². The molecule has 0 aromatic heterocycles. The molecular weight excluding hydrogens is 313 g/mol. The van der Waals surface area contributed by atoms with Gasteiger partial charge in [-0.25, -0.2) is 4.79 Å². The van der Waals surface area contributed by atoms with Crippen LogP contribution in [0.15, 0.2) is 0 Å². The molecule has 5 nitrogen and oxygen atoms in total. The summed E-state index contributed by atoms with van der Waals surface area (Å²) in [6.07, 6.45) is -4.92. The number of piperidine rings is 1. The Hall–Kier alpha value is -1.47. The number of carbonyl (C=O) groups excluding carboxylic acids is 2. The summed E-state index contributed by atoms with van der Waals surface area (Å²) in [5.41, 5.74) is -2.60. The van der Waals surface area contributed by atoms with Crippen LogP contribution in [0.4, 0.5) is 18.0 Å². The summed E-state index contributed by atoms with van der Waals surface area (Å²) in [4.78, 5) is 25.5. The molecule has 130 valence electrons. The number of rotatable bonds is 2. The highest BCUT2D eigenvalue weighted by Gasteiger charge is 2.67. The van der Waals surface area contributed by atoms with Gasteiger partial charge in [-0.3, -0.25) is 4.79 Å². The van der Waals surface area contributed by atoms with Gasteiger partial charge in [0.05, 0.1) is 0 Å². The first-order chi connectivity index (χ1) is 10.4. The zero-order valence-corrected chi connectivity index (χ0v) is 13.4. The molecule has 1 N–H and O–H groups in total. The topological polar surface area (TPSA) is 58.6 Å². The van der Waals surface area contributed by atoms with E-state index in [1.54, 1.807) is 20.8 Å². The van der Waals surface area contributed by atoms with Gasteiger partial charge in [0.1, 0.15) is 11.1 Å². The highest BCUT2D eigenvalue weighted by molar-refractivity contribution is 5.84. The van der Waals surface area contributed by atoms with Crippen molar-refractivity contribution in [3.8, 4) is 0 Å². The predicted octanol–water partition coefficient (Wildman–Crippen LogP) is 2.31. The van der Waals surface area contributed by atoms with Crippen LogP contribution in [0, 0.1) is 17.8 Å². The van der Waals surface area contributed by atoms with Crippen LogP contribution in [0.1, 0.15) is 33.6 Å². The van der Waals surface area contributed by atoms with Gasteiger partial charge in [-0.1, -0.05) is 0 Å². The Morgan fingerprint density at radius 2 is 1.65 bits per heavy atom. The Morgan fingerprint density at radius 1 is 1.13 bits per heavy atom. The number of nitrogens with one attached hydrogen (secondary N) is 1. The molecule has 23 heavy (non-hydrogen) atoms. The molecule has 1 heterocycles. The van der Waals surface area contributed by atoms with Crippen molar-refractivity contribution in [2.45, 2.75) is 50.9 Å². The van der Waals surface area contributed by atoms with E-state index in [0.29, 0.717) is 13.1 Å². The standard InChI is InChI=1S/C15H21F3N2O3/c1-13(2,3)23-12(22)20-6-8-9(7-20)10(8)11(21)19-14(4-5-14)15(16,17)18/h8-10H,4-7H2,1-3H3,(H,19,21). The predicted molar refractivity (Wildman–Crippen MR) is 74.4 cm³/mol. The SMILES string of the molecule is CC(C)(C)OC(=O)N1CC2C(C1)C2C(=O)NC1(C(F)(F)F)CC1. The number of carbonyl (C=O) groups is 2. The van der Waals surface area contributed by atoms with Crippen molar-refractivity contribution < 1.29 is 27.5 Å². The second-order valence-electron chi connectivity index (χ2n) is 7.81. The normalized spacial score (nSPS) is 31.4. The second-order valence-corrected chi connectivity index (χ2v) is 7.81. The molecular formula is C15H21F3N2O3. The van der Waals surface area contributed by atoms with Crippen molar-refractivity contribution in [3.05, 3.63) is 0 Å². The van der Waals surface area contributed by atoms with Crippen molar-refractivity contribution in [1.29, 1.82) is 0 Å². The number of likely N-dealkylation sites (tertiary alicyclic amines) is 1. The smallest absolute Gasteiger partial charge is 0.411 e. The van der Waals surface area contributed by atoms with Gasteiger partial charge >= 0.3 is 12.3 Å². The van der Waals surface area contributed by atoms with Crippen LogP contribution < -0.4 is 5.32 Å². The Labute approximate surface area is 132 Å². The molecule has 0 aromatic carbocycles. The molecule has 0 aromatic rings. The van der Waals surface area contributed by atoms with Gasteiger partial charge in [-0.15, -0.1) is 0 Å². The van der Waals surface area contributed by atoms with Crippen molar-refractivity contribution >= 4 is 12.0 Å². The summed E-state index contributed by atoms with van der Waals surface area (Å²) < 4.78 is 43.9. The van der Waals surface area contributed by atoms with Crippen LogP contribution in [0.5, 0.6) is 0 Å². The van der Waals surface area contributed by atoms with Gasteiger partial charge in [0.15, 0.2) is 0 Å². The quantitative estimate of drug-likeness (QED) is 0.843. The number of fused-ring (bicyclic) bond motifs is 1. The average molecular weight is 334 g/mol. The van der Waals surface area contributed by atoms with Crippen molar-refractivity contribution in [2.24, 2.45) is 17.8 Å². The monoisotopic (exact) mass is 334 g/mol. The molecule has 3 aliphatic rings. The lowest BCUT2D eigenvalue weighted by molar-refractivity contribution is -0.171. The number of ether oxygens (including phenoxy) is 1. The van der Waals surface area contributed by atoms with E-state index in [0.717, 1.165) is 0 Å². The third kappa shape index (κ3) is 2.99. The lowest BCUT2D eigenvalue weighted by atomic mass is 10.2. The maximum Gasteiger partial charge on any atom is 0.411 e. The molecule has 2 aliphatic carbocycles. The van der Waals surface area contributed by atoms with Crippen LogP contribution in [0.2, 0.25) is 0 Å². The Bertz CT molecular complexity index is 525. The van der Waals surface area contributed by atoms with Gasteiger partial charge in [-0.05, 0) is 45.4 Å². The molecule has 1 saturated heterocycles. The van der Waals surface area contributed by atoms with E-state index < -0.39 is 35.2 Å². The summed E-state index contributed by atoms with van der Waals surface area (Å²) in [5.74, 6) is -1.04. The zero-order chi connectivity index (χ0) is 17.2. The van der Waals surface area contributed by atoms with Crippen LogP contribution in [0.3, 0.4) is 0 Å². The zero-order valence-electron chi connectivity index (χ0n) is 13.4. The largest absolute Gasteiger partial charge is 0.444 e. The number of halogens is 3. The molecule has 3 fully saturated rings. The lowest BCUT2D eigenvalue weighted by Gasteiger charge is -2.26. The van der Waals surface area contributed by atoms with Crippen LogP contribution in [-0.4, -0.2) is 47.3 Å². The molecule has 2 amide bonds. The molecule has 2 unspecified atom stereocenters. The fourth-order valence-electron chi connectivity index (χ4n) is 3.31. The highest BCUT2D eigenvalue weighted by atomic mass is 19.4. The van der Waals surface area contributed by atoms with Crippen LogP contribution in [-0.2, 0) is 9.53 Å². The van der Waals surface area contributed by atoms with Gasteiger partial charge < -0.3 is 15.0 Å². The van der Waals surface area contributed by atoms with Gasteiger partial charge in [0, 0.05) is 19.0 Å². The van der Waals surface area contributed by atoms with E-state index in [-0.39, 0.29) is 24.7 Å². The van der Waals surface area contributed by atoms with E-state index in [2.05, 4.69) is 5.32 Å². The molecule has 8 heteroatoms. The van der Waals surface area contributed by atoms with E-state index in [4.69, 9.17) is 4.74 Å². The first-order valence-electron chi connectivity index (χ1n) is 7.80. The van der Waals surface area contributed by atoms with Gasteiger partial charge in [-0.2, -0.15) is 13.2 Å². The minimum absolute atomic E-state index is 0.0473. The number of hydrogen-bond donors (Lipinski definition) is 1. The van der Waals surface area contributed by atoms with Crippen molar-refractivity contribution in [1.82, 2.24) is 10.2 Å². The Kier molecular flexibility index (Phi) is 3.40. The van der Waals surface area contributed by atoms with E-state index in [1.165, 1.54) is 4.90 Å². The lowest BCUT2D eigenvalue weighted by Crippen LogP contribution is -2.49. The number of alkyl halides is 3. The maximum atomic E-state index is 12.9. The van der Waals surface area contributed by atoms with Crippen LogP contribution in [0.25, 0.3) is 0 Å². The number of nitrogens with zero attached hydrogens (tertiary/aromatic N) is 1. The molecule has 0 bridgehead atoms. The summed E-state index contributed by atoms with van der Waals surface area (Å²) >= 11 is 0. The minimum atomic E-state index is -4.39. The summed E-state index contributed by atoms with van der Waals surface area (Å²) in [5, 5.41) is 2.18. The van der Waals surface area contributed by atoms with Gasteiger partial charge in [0.25, 0.3) is 0 Å². The third-order valence-electron chi connectivity index (χ3n) is 4.80. The van der Waals surface area contributed by atoms with E-state index in [9.17, 15) is 22.8 Å². The summed E-state index contributed by atoms with van der Waals surface area (Å²) in [6.45, 7) is 6.05. The first-order valence-corrected chi connectivity index (χ1v) is 7.80. The van der Waals surface area contributed by atoms with Gasteiger partial charge in [0.2, 0.25) is 5.91 Å². The molecule has 2 saturated carbocycles. The fraction of sp³-hybridized carbons (Fsp3) is 0.867. The Balaban J connectivity index is 1.51. The molecule has 3 rings (SSSR count). The maximum absolute atomic E-state index is 12.9. The fourth-order valence-corrected chi connectivity index (χ4v) is 3.31. The summed E-state index contributed by atoms with van der Waals surface area (Å²) in [7, 11) is 0. The highest BCUT2D eigenvalue weighted by Crippen LogP contribution is 2.54. The first kappa shape index (κ1) is 16.4. The minimum Gasteiger partial charge on any atom is -0.444 e. The molecule has 2 atom stereocenters. The van der Waals surface area contributed by atoms with Crippen molar-refractivity contribution in [2.75, 3.05) is 13.1 Å². The summed E-state index contributed by atoms with van der Waals surface area (Å²) in [6, 6.07) is 0. The number of hydrogen-bond acceptors (Lipinski definition) is 3. The van der Waals surface area contributed by atoms with Crippen molar-refractivity contribution in [3.63, 3.8) is 0 Å². The second kappa shape index (κ2) is 4.77. The third-order valence-corrected chi connectivity index (χ3v) is 4.80. The number of amides is 2. The average Bonchev–Trinajstić information content (AvgIpc) is 3.24. The Morgan fingerprint density at radius 3 is 2.04 bits per heavy atom. The molecule has 0 radical (unpaired) electrons. The van der Waals surface area contributed by atoms with E-state index >= 15 is 0 Å². The molecule has 1 aliphatic heterocycles. The molecule has 0 spiro atoms. The van der Waals surface area contributed by atoms with Crippen LogP contribution >= 0.6 is 0 Å².